The molecule has 0 fully saturated rings. The molecule has 0 saturated carbocycles. The zero-order valence-corrected chi connectivity index (χ0v) is 10.4. The van der Waals surface area contributed by atoms with Gasteiger partial charge in [0.2, 0.25) is 0 Å². The Hall–Kier alpha value is -2.22. The predicted molar refractivity (Wildman–Crippen MR) is 73.4 cm³/mol. The van der Waals surface area contributed by atoms with E-state index in [-0.39, 0.29) is 0 Å². The van der Waals surface area contributed by atoms with E-state index in [4.69, 9.17) is 9.97 Å². The van der Waals surface area contributed by atoms with Gasteiger partial charge in [-0.2, -0.15) is 0 Å². The highest BCUT2D eigenvalue weighted by atomic mass is 14.9. The van der Waals surface area contributed by atoms with Crippen LogP contribution in [0.1, 0.15) is 11.1 Å². The Bertz CT molecular complexity index is 736. The number of nitrogens with zero attached hydrogens (tertiary/aromatic N) is 2. The highest BCUT2D eigenvalue weighted by Crippen LogP contribution is 2.48. The quantitative estimate of drug-likeness (QED) is 0.459. The Balaban J connectivity index is 2.10. The summed E-state index contributed by atoms with van der Waals surface area (Å²) in [5.41, 5.74) is 9.20. The van der Waals surface area contributed by atoms with E-state index in [1.54, 1.807) is 0 Å². The summed E-state index contributed by atoms with van der Waals surface area (Å²) >= 11 is 0. The van der Waals surface area contributed by atoms with Gasteiger partial charge in [-0.15, -0.1) is 0 Å². The standard InChI is InChI=1S/C16H12N2/c1-9-7-8-10(2)14-13(9)15-16(14)18-12-6-4-3-5-11(12)17-15/h3-8H,1-2H3. The third-order valence-electron chi connectivity index (χ3n) is 3.67. The van der Waals surface area contributed by atoms with Gasteiger partial charge < -0.3 is 0 Å². The van der Waals surface area contributed by atoms with E-state index in [1.165, 1.54) is 22.3 Å². The van der Waals surface area contributed by atoms with Crippen molar-refractivity contribution in [2.75, 3.05) is 0 Å². The van der Waals surface area contributed by atoms with E-state index in [1.807, 2.05) is 24.3 Å². The van der Waals surface area contributed by atoms with Gasteiger partial charge in [0.15, 0.2) is 0 Å². The zero-order valence-electron chi connectivity index (χ0n) is 10.4. The summed E-state index contributed by atoms with van der Waals surface area (Å²) in [4.78, 5) is 9.49. The molecule has 86 valence electrons. The maximum absolute atomic E-state index is 4.74. The molecule has 0 aliphatic heterocycles. The fourth-order valence-corrected chi connectivity index (χ4v) is 2.71. The highest BCUT2D eigenvalue weighted by Gasteiger charge is 2.29. The van der Waals surface area contributed by atoms with Crippen LogP contribution in [0, 0.1) is 13.8 Å². The van der Waals surface area contributed by atoms with Crippen molar-refractivity contribution in [1.29, 1.82) is 0 Å². The van der Waals surface area contributed by atoms with Crippen molar-refractivity contribution in [3.05, 3.63) is 47.5 Å². The first-order chi connectivity index (χ1) is 8.75. The molecule has 0 atom stereocenters. The van der Waals surface area contributed by atoms with E-state index in [9.17, 15) is 0 Å². The fourth-order valence-electron chi connectivity index (χ4n) is 2.71. The van der Waals surface area contributed by atoms with Crippen LogP contribution in [-0.4, -0.2) is 9.97 Å². The first-order valence-electron chi connectivity index (χ1n) is 6.13. The van der Waals surface area contributed by atoms with Crippen molar-refractivity contribution in [3.8, 4) is 22.5 Å². The molecule has 0 radical (unpaired) electrons. The van der Waals surface area contributed by atoms with Crippen LogP contribution in [0.25, 0.3) is 33.5 Å². The van der Waals surface area contributed by atoms with E-state index >= 15 is 0 Å². The van der Waals surface area contributed by atoms with Gasteiger partial charge in [0, 0.05) is 11.1 Å². The lowest BCUT2D eigenvalue weighted by Crippen LogP contribution is -2.08. The Labute approximate surface area is 105 Å². The second kappa shape index (κ2) is 3.16. The molecule has 0 unspecified atom stereocenters. The number of fused-ring (bicyclic) bond motifs is 5. The molecule has 0 N–H and O–H groups in total. The summed E-state index contributed by atoms with van der Waals surface area (Å²) in [6.45, 7) is 4.27. The van der Waals surface area contributed by atoms with Crippen LogP contribution in [-0.2, 0) is 0 Å². The number of rotatable bonds is 0. The van der Waals surface area contributed by atoms with Crippen molar-refractivity contribution < 1.29 is 0 Å². The van der Waals surface area contributed by atoms with Gasteiger partial charge in [-0.25, -0.2) is 9.97 Å². The first kappa shape index (κ1) is 9.77. The van der Waals surface area contributed by atoms with Crippen LogP contribution < -0.4 is 0 Å². The van der Waals surface area contributed by atoms with Crippen molar-refractivity contribution >= 4 is 11.0 Å². The summed E-state index contributed by atoms with van der Waals surface area (Å²) in [5, 5.41) is 0. The molecule has 1 aliphatic carbocycles. The highest BCUT2D eigenvalue weighted by molar-refractivity contribution is 6.03. The number of aromatic nitrogens is 2. The number of hydrogen-bond donors (Lipinski definition) is 0. The fraction of sp³-hybridized carbons (Fsp3) is 0.125. The SMILES string of the molecule is Cc1ccc(C)c2c1-c1nc3ccccc3nc1-2. The number of aryl methyl sites for hydroxylation is 2. The van der Waals surface area contributed by atoms with E-state index < -0.39 is 0 Å². The minimum Gasteiger partial charge on any atom is -0.244 e. The van der Waals surface area contributed by atoms with E-state index in [0.717, 1.165) is 22.4 Å². The van der Waals surface area contributed by atoms with Crippen LogP contribution >= 0.6 is 0 Å². The monoisotopic (exact) mass is 232 g/mol. The Morgan fingerprint density at radius 3 is 1.56 bits per heavy atom. The van der Waals surface area contributed by atoms with Crippen LogP contribution in [0.5, 0.6) is 0 Å². The molecular formula is C16H12N2. The average molecular weight is 232 g/mol. The molecule has 0 saturated heterocycles. The molecule has 1 aromatic heterocycles. The number of benzene rings is 2. The number of hydrogen-bond acceptors (Lipinski definition) is 2. The van der Waals surface area contributed by atoms with Crippen molar-refractivity contribution in [1.82, 2.24) is 9.97 Å². The molecule has 1 aliphatic rings. The second-order valence-electron chi connectivity index (χ2n) is 4.86. The summed E-state index contributed by atoms with van der Waals surface area (Å²) in [5.74, 6) is 0. The Kier molecular flexibility index (Phi) is 1.72. The van der Waals surface area contributed by atoms with Gasteiger partial charge in [0.25, 0.3) is 0 Å². The summed E-state index contributed by atoms with van der Waals surface area (Å²) < 4.78 is 0. The van der Waals surface area contributed by atoms with Crippen LogP contribution in [0.15, 0.2) is 36.4 Å². The molecule has 2 aromatic carbocycles. The van der Waals surface area contributed by atoms with E-state index in [0.29, 0.717) is 0 Å². The molecule has 18 heavy (non-hydrogen) atoms. The van der Waals surface area contributed by atoms with Gasteiger partial charge >= 0.3 is 0 Å². The Morgan fingerprint density at radius 1 is 0.667 bits per heavy atom. The molecule has 2 heteroatoms. The minimum atomic E-state index is 0.975. The lowest BCUT2D eigenvalue weighted by atomic mass is 9.82. The normalized spacial score (nSPS) is 11.9. The van der Waals surface area contributed by atoms with Gasteiger partial charge in [0.1, 0.15) is 0 Å². The maximum Gasteiger partial charge on any atom is 0.0982 e. The summed E-state index contributed by atoms with van der Waals surface area (Å²) in [6, 6.07) is 12.4. The first-order valence-corrected chi connectivity index (χ1v) is 6.13. The molecule has 0 amide bonds. The van der Waals surface area contributed by atoms with Crippen molar-refractivity contribution in [2.45, 2.75) is 13.8 Å². The molecule has 3 aromatic rings. The lowest BCUT2D eigenvalue weighted by molar-refractivity contribution is 1.21. The second-order valence-corrected chi connectivity index (χ2v) is 4.86. The minimum absolute atomic E-state index is 0.975. The third kappa shape index (κ3) is 1.07. The number of para-hydroxylation sites is 2. The Morgan fingerprint density at radius 2 is 1.11 bits per heavy atom. The van der Waals surface area contributed by atoms with Crippen LogP contribution in [0.2, 0.25) is 0 Å². The molecule has 0 spiro atoms. The average Bonchev–Trinajstić information content (AvgIpc) is 2.37. The smallest absolute Gasteiger partial charge is 0.0982 e. The van der Waals surface area contributed by atoms with Crippen LogP contribution in [0.3, 0.4) is 0 Å². The van der Waals surface area contributed by atoms with Gasteiger partial charge in [-0.05, 0) is 37.1 Å². The topological polar surface area (TPSA) is 25.8 Å². The lowest BCUT2D eigenvalue weighted by Gasteiger charge is -2.25. The van der Waals surface area contributed by atoms with Crippen molar-refractivity contribution in [3.63, 3.8) is 0 Å². The molecule has 1 heterocycles. The largest absolute Gasteiger partial charge is 0.244 e. The molecular weight excluding hydrogens is 220 g/mol. The summed E-state index contributed by atoms with van der Waals surface area (Å²) in [7, 11) is 0. The maximum atomic E-state index is 4.74. The van der Waals surface area contributed by atoms with E-state index in [2.05, 4.69) is 26.0 Å². The zero-order chi connectivity index (χ0) is 12.3. The van der Waals surface area contributed by atoms with Gasteiger partial charge in [-0.1, -0.05) is 24.3 Å². The molecule has 2 nitrogen and oxygen atoms in total. The molecule has 4 rings (SSSR count). The van der Waals surface area contributed by atoms with Gasteiger partial charge in [0.05, 0.1) is 22.4 Å². The summed E-state index contributed by atoms with van der Waals surface area (Å²) in [6.07, 6.45) is 0. The predicted octanol–water partition coefficient (Wildman–Crippen LogP) is 3.89. The van der Waals surface area contributed by atoms with Crippen LogP contribution in [0.4, 0.5) is 0 Å². The molecule has 0 bridgehead atoms. The van der Waals surface area contributed by atoms with Crippen molar-refractivity contribution in [2.24, 2.45) is 0 Å². The van der Waals surface area contributed by atoms with Gasteiger partial charge in [-0.3, -0.25) is 0 Å². The third-order valence-corrected chi connectivity index (χ3v) is 3.67.